The molecule has 4 rings (SSSR count). The Morgan fingerprint density at radius 3 is 2.55 bits per heavy atom. The fourth-order valence-corrected chi connectivity index (χ4v) is 4.52. The van der Waals surface area contributed by atoms with Gasteiger partial charge in [0, 0.05) is 32.0 Å². The van der Waals surface area contributed by atoms with Crippen LogP contribution in [0.1, 0.15) is 31.3 Å². The summed E-state index contributed by atoms with van der Waals surface area (Å²) < 4.78 is 54.7. The monoisotopic (exact) mass is 497 g/mol. The van der Waals surface area contributed by atoms with Crippen molar-refractivity contribution in [3.63, 3.8) is 0 Å². The molecule has 0 aromatic carbocycles. The Hall–Kier alpha value is -2.90. The first-order chi connectivity index (χ1) is 15.7. The Morgan fingerprint density at radius 1 is 1.24 bits per heavy atom. The number of hydrogen-bond acceptors (Lipinski definition) is 9. The Kier molecular flexibility index (Phi) is 6.45. The number of nitrogens with zero attached hydrogens (tertiary/aromatic N) is 6. The molecule has 2 unspecified atom stereocenters. The molecule has 1 saturated carbocycles. The quantitative estimate of drug-likeness (QED) is 0.473. The Labute approximate surface area is 194 Å². The third kappa shape index (κ3) is 4.75. The van der Waals surface area contributed by atoms with Crippen LogP contribution in [0.2, 0.25) is 5.02 Å². The molecule has 1 aliphatic carbocycles. The van der Waals surface area contributed by atoms with E-state index in [1.165, 1.54) is 38.1 Å². The minimum Gasteiger partial charge on any atom is -0.481 e. The summed E-state index contributed by atoms with van der Waals surface area (Å²) in [4.78, 5) is 12.4. The van der Waals surface area contributed by atoms with Gasteiger partial charge in [-0.1, -0.05) is 17.7 Å². The number of aromatic nitrogens is 6. The number of ether oxygens (including phenoxy) is 2. The van der Waals surface area contributed by atoms with E-state index in [1.54, 1.807) is 18.2 Å². The smallest absolute Gasteiger partial charge is 0.240 e. The molecule has 176 valence electrons. The molecule has 14 heteroatoms. The van der Waals surface area contributed by atoms with E-state index in [-0.39, 0.29) is 24.0 Å². The Bertz CT molecular complexity index is 1240. The van der Waals surface area contributed by atoms with Crippen molar-refractivity contribution in [3.05, 3.63) is 41.4 Å². The highest BCUT2D eigenvalue weighted by atomic mass is 35.5. The highest BCUT2D eigenvalue weighted by molar-refractivity contribution is 7.93. The molecule has 1 N–H and O–H groups in total. The second-order valence-electron chi connectivity index (χ2n) is 7.37. The van der Waals surface area contributed by atoms with Gasteiger partial charge in [-0.25, -0.2) is 27.8 Å². The number of alkyl halides is 1. The second-order valence-corrected chi connectivity index (χ2v) is 9.84. The van der Waals surface area contributed by atoms with E-state index < -0.39 is 33.6 Å². The largest absolute Gasteiger partial charge is 0.481 e. The molecular weight excluding hydrogens is 477 g/mol. The lowest BCUT2D eigenvalue weighted by Crippen LogP contribution is -2.33. The summed E-state index contributed by atoms with van der Waals surface area (Å²) in [6.45, 7) is 1.44. The second kappa shape index (κ2) is 9.15. The first kappa shape index (κ1) is 23.3. The molecule has 33 heavy (non-hydrogen) atoms. The zero-order chi connectivity index (χ0) is 23.8. The van der Waals surface area contributed by atoms with Gasteiger partial charge in [-0.3, -0.25) is 9.29 Å². The van der Waals surface area contributed by atoms with Crippen molar-refractivity contribution in [2.75, 3.05) is 18.9 Å². The Morgan fingerprint density at radius 2 is 1.94 bits per heavy atom. The number of halogens is 2. The predicted molar refractivity (Wildman–Crippen MR) is 117 cm³/mol. The summed E-state index contributed by atoms with van der Waals surface area (Å²) in [5, 5.41) is 7.20. The van der Waals surface area contributed by atoms with E-state index in [2.05, 4.69) is 29.9 Å². The summed E-state index contributed by atoms with van der Waals surface area (Å²) in [5.74, 6) is 0.567. The van der Waals surface area contributed by atoms with Crippen molar-refractivity contribution in [2.24, 2.45) is 0 Å². The van der Waals surface area contributed by atoms with E-state index >= 15 is 0 Å². The molecular formula is C19H21ClFN7O4S. The molecule has 11 nitrogen and oxygen atoms in total. The summed E-state index contributed by atoms with van der Waals surface area (Å²) >= 11 is 5.81. The maximum absolute atomic E-state index is 14.0. The van der Waals surface area contributed by atoms with Crippen LogP contribution in [-0.2, 0) is 14.8 Å². The number of pyridine rings is 1. The van der Waals surface area contributed by atoms with E-state index in [0.29, 0.717) is 16.6 Å². The third-order valence-corrected chi connectivity index (χ3v) is 7.06. The lowest BCUT2D eigenvalue weighted by Gasteiger charge is -2.22. The maximum Gasteiger partial charge on any atom is 0.240 e. The van der Waals surface area contributed by atoms with E-state index in [4.69, 9.17) is 21.1 Å². The third-order valence-electron chi connectivity index (χ3n) is 5.17. The van der Waals surface area contributed by atoms with Gasteiger partial charge in [-0.05, 0) is 13.0 Å². The molecule has 0 spiro atoms. The van der Waals surface area contributed by atoms with Gasteiger partial charge in [0.05, 0.1) is 18.2 Å². The van der Waals surface area contributed by atoms with Crippen LogP contribution in [-0.4, -0.2) is 63.8 Å². The van der Waals surface area contributed by atoms with Gasteiger partial charge >= 0.3 is 0 Å². The minimum atomic E-state index is -4.09. The van der Waals surface area contributed by atoms with Crippen LogP contribution in [0.3, 0.4) is 0 Å². The van der Waals surface area contributed by atoms with Crippen molar-refractivity contribution in [1.29, 1.82) is 0 Å². The first-order valence-electron chi connectivity index (χ1n) is 9.87. The number of hydrogen-bond donors (Lipinski definition) is 1. The summed E-state index contributed by atoms with van der Waals surface area (Å²) in [5.41, 5.74) is 0.365. The van der Waals surface area contributed by atoms with Gasteiger partial charge in [-0.15, -0.1) is 10.2 Å². The van der Waals surface area contributed by atoms with Gasteiger partial charge in [-0.2, -0.15) is 0 Å². The Balaban J connectivity index is 1.66. The molecule has 0 aliphatic heterocycles. The SMILES string of the molecule is COc1cccc(-c2nnc(NS(=O)(=O)C(C)C(OC)c3ncc(Cl)cn3)n2[C@@H]2C[C@@H]2F)n1. The lowest BCUT2D eigenvalue weighted by atomic mass is 10.2. The average Bonchev–Trinajstić information content (AvgIpc) is 3.38. The molecule has 3 aromatic heterocycles. The van der Waals surface area contributed by atoms with Gasteiger partial charge in [0.15, 0.2) is 11.6 Å². The van der Waals surface area contributed by atoms with Crippen molar-refractivity contribution >= 4 is 27.6 Å². The number of anilines is 1. The molecule has 4 atom stereocenters. The van der Waals surface area contributed by atoms with E-state index in [0.717, 1.165) is 0 Å². The highest BCUT2D eigenvalue weighted by Crippen LogP contribution is 2.43. The standard InChI is InChI=1S/C19H21ClFN7O4S/c1-10(16(32-3)17-22-8-11(20)9-23-17)33(29,30)27-19-26-25-18(28(19)14-7-12(14)21)13-5-4-6-15(24-13)31-2/h4-6,8-10,12,14,16H,7H2,1-3H3,(H,26,27)/t10?,12-,14+,16?/m0/s1. The number of nitrogens with one attached hydrogen (secondary N) is 1. The fourth-order valence-electron chi connectivity index (χ4n) is 3.28. The number of sulfonamides is 1. The van der Waals surface area contributed by atoms with Crippen LogP contribution in [0.5, 0.6) is 5.88 Å². The van der Waals surface area contributed by atoms with Crippen molar-refractivity contribution in [1.82, 2.24) is 29.7 Å². The van der Waals surface area contributed by atoms with E-state index in [1.807, 2.05) is 0 Å². The topological polar surface area (TPSA) is 134 Å². The van der Waals surface area contributed by atoms with Crippen LogP contribution in [0, 0.1) is 0 Å². The summed E-state index contributed by atoms with van der Waals surface area (Å²) in [7, 11) is -1.28. The average molecular weight is 498 g/mol. The molecule has 0 bridgehead atoms. The number of methoxy groups -OCH3 is 2. The van der Waals surface area contributed by atoms with Gasteiger partial charge < -0.3 is 9.47 Å². The minimum absolute atomic E-state index is 0.126. The molecule has 0 amide bonds. The molecule has 3 aromatic rings. The van der Waals surface area contributed by atoms with Crippen LogP contribution >= 0.6 is 11.6 Å². The maximum atomic E-state index is 14.0. The number of rotatable bonds is 9. The van der Waals surface area contributed by atoms with Crippen molar-refractivity contribution < 1.29 is 22.3 Å². The summed E-state index contributed by atoms with van der Waals surface area (Å²) in [6, 6.07) is 4.38. The van der Waals surface area contributed by atoms with Crippen LogP contribution in [0.25, 0.3) is 11.5 Å². The van der Waals surface area contributed by atoms with Gasteiger partial charge in [0.25, 0.3) is 0 Å². The predicted octanol–water partition coefficient (Wildman–Crippen LogP) is 2.59. The molecule has 0 radical (unpaired) electrons. The normalized spacial score (nSPS) is 19.7. The highest BCUT2D eigenvalue weighted by Gasteiger charge is 2.44. The zero-order valence-corrected chi connectivity index (χ0v) is 19.5. The molecule has 1 fully saturated rings. The zero-order valence-electron chi connectivity index (χ0n) is 17.9. The first-order valence-corrected chi connectivity index (χ1v) is 11.8. The lowest BCUT2D eigenvalue weighted by molar-refractivity contribution is 0.0950. The van der Waals surface area contributed by atoms with E-state index in [9.17, 15) is 12.8 Å². The van der Waals surface area contributed by atoms with Gasteiger partial charge in [0.2, 0.25) is 21.9 Å². The van der Waals surface area contributed by atoms with Crippen LogP contribution in [0.15, 0.2) is 30.6 Å². The summed E-state index contributed by atoms with van der Waals surface area (Å²) in [6.07, 6.45) is 0.756. The van der Waals surface area contributed by atoms with Crippen molar-refractivity contribution in [2.45, 2.75) is 36.9 Å². The van der Waals surface area contributed by atoms with Gasteiger partial charge in [0.1, 0.15) is 23.2 Å². The van der Waals surface area contributed by atoms with Crippen LogP contribution < -0.4 is 9.46 Å². The fraction of sp³-hybridized carbons (Fsp3) is 0.421. The molecule has 1 aliphatic rings. The molecule has 0 saturated heterocycles. The van der Waals surface area contributed by atoms with Crippen LogP contribution in [0.4, 0.5) is 10.3 Å². The van der Waals surface area contributed by atoms with Crippen molar-refractivity contribution in [3.8, 4) is 17.4 Å². The molecule has 3 heterocycles.